The van der Waals surface area contributed by atoms with Gasteiger partial charge in [0.15, 0.2) is 0 Å². The second-order valence-corrected chi connectivity index (χ2v) is 5.81. The summed E-state index contributed by atoms with van der Waals surface area (Å²) < 4.78 is 5.58. The van der Waals surface area contributed by atoms with Crippen molar-refractivity contribution in [1.29, 1.82) is 0 Å². The normalized spacial score (nSPS) is 15.2. The smallest absolute Gasteiger partial charge is 0.303 e. The van der Waals surface area contributed by atoms with Crippen LogP contribution < -0.4 is 0 Å². The summed E-state index contributed by atoms with van der Waals surface area (Å²) >= 11 is 0. The number of hydrogen-bond acceptors (Lipinski definition) is 3. The maximum absolute atomic E-state index is 11.5. The molecule has 0 N–H and O–H groups in total. The van der Waals surface area contributed by atoms with E-state index in [4.69, 9.17) is 4.74 Å². The van der Waals surface area contributed by atoms with Gasteiger partial charge in [-0.25, -0.2) is 0 Å². The van der Waals surface area contributed by atoms with Crippen molar-refractivity contribution >= 4 is 5.97 Å². The Balaban J connectivity index is 1.77. The first kappa shape index (κ1) is 15.3. The molecule has 1 aliphatic rings. The van der Waals surface area contributed by atoms with Crippen molar-refractivity contribution < 1.29 is 9.53 Å². The van der Waals surface area contributed by atoms with Crippen molar-refractivity contribution in [2.75, 3.05) is 6.54 Å². The van der Waals surface area contributed by atoms with Crippen LogP contribution in [-0.2, 0) is 16.1 Å². The van der Waals surface area contributed by atoms with Gasteiger partial charge >= 0.3 is 5.97 Å². The van der Waals surface area contributed by atoms with Crippen LogP contribution in [0.4, 0.5) is 0 Å². The lowest BCUT2D eigenvalue weighted by Crippen LogP contribution is -2.13. The Labute approximate surface area is 137 Å². The molecule has 1 aliphatic heterocycles. The number of nitrogens with zero attached hydrogens (tertiary/aromatic N) is 1. The van der Waals surface area contributed by atoms with E-state index in [1.807, 2.05) is 36.4 Å². The minimum Gasteiger partial charge on any atom is -0.453 e. The molecule has 0 spiro atoms. The van der Waals surface area contributed by atoms with E-state index in [-0.39, 0.29) is 12.1 Å². The van der Waals surface area contributed by atoms with Crippen LogP contribution in [-0.4, -0.2) is 17.4 Å². The van der Waals surface area contributed by atoms with Crippen LogP contribution in [0.5, 0.6) is 0 Å². The second kappa shape index (κ2) is 7.14. The minimum absolute atomic E-state index is 0.249. The van der Waals surface area contributed by atoms with E-state index in [9.17, 15) is 4.79 Å². The van der Waals surface area contributed by atoms with Gasteiger partial charge in [0.2, 0.25) is 0 Å². The third-order valence-electron chi connectivity index (χ3n) is 3.99. The Morgan fingerprint density at radius 3 is 2.39 bits per heavy atom. The van der Waals surface area contributed by atoms with Crippen LogP contribution in [0.25, 0.3) is 0 Å². The molecule has 0 saturated carbocycles. The maximum atomic E-state index is 11.5. The quantitative estimate of drug-likeness (QED) is 0.780. The van der Waals surface area contributed by atoms with Crippen LogP contribution in [0.2, 0.25) is 0 Å². The van der Waals surface area contributed by atoms with Gasteiger partial charge in [-0.1, -0.05) is 60.7 Å². The average Bonchev–Trinajstić information content (AvgIpc) is 3.02. The first-order chi connectivity index (χ1) is 11.2. The highest BCUT2D eigenvalue weighted by Crippen LogP contribution is 2.32. The summed E-state index contributed by atoms with van der Waals surface area (Å²) in [6.45, 7) is 3.30. The first-order valence-electron chi connectivity index (χ1n) is 7.93. The molecule has 1 atom stereocenters. The number of rotatable bonds is 5. The molecule has 1 heterocycles. The van der Waals surface area contributed by atoms with Gasteiger partial charge < -0.3 is 9.64 Å². The predicted octanol–water partition coefficient (Wildman–Crippen LogP) is 4.08. The van der Waals surface area contributed by atoms with Crippen molar-refractivity contribution in [3.63, 3.8) is 0 Å². The Hall–Kier alpha value is -2.55. The van der Waals surface area contributed by atoms with E-state index in [0.29, 0.717) is 0 Å². The third-order valence-corrected chi connectivity index (χ3v) is 3.99. The summed E-state index contributed by atoms with van der Waals surface area (Å²) in [5.74, 6) is -0.249. The molecule has 118 valence electrons. The van der Waals surface area contributed by atoms with Gasteiger partial charge in [0.25, 0.3) is 0 Å². The molecule has 0 saturated heterocycles. The molecule has 3 heteroatoms. The summed E-state index contributed by atoms with van der Waals surface area (Å²) in [5, 5.41) is 0. The number of carbonyl (C=O) groups excluding carboxylic acids is 1. The zero-order valence-electron chi connectivity index (χ0n) is 13.3. The summed E-state index contributed by atoms with van der Waals surface area (Å²) in [7, 11) is 0. The van der Waals surface area contributed by atoms with E-state index in [1.165, 1.54) is 12.5 Å². The molecule has 3 nitrogen and oxygen atoms in total. The molecular weight excluding hydrogens is 286 g/mol. The van der Waals surface area contributed by atoms with Crippen molar-refractivity contribution in [2.45, 2.75) is 26.0 Å². The van der Waals surface area contributed by atoms with E-state index in [2.05, 4.69) is 35.4 Å². The largest absolute Gasteiger partial charge is 0.453 e. The summed E-state index contributed by atoms with van der Waals surface area (Å²) in [4.78, 5) is 13.8. The maximum Gasteiger partial charge on any atom is 0.303 e. The van der Waals surface area contributed by atoms with Crippen LogP contribution in [0.3, 0.4) is 0 Å². The number of hydrogen-bond donors (Lipinski definition) is 0. The lowest BCUT2D eigenvalue weighted by Gasteiger charge is -2.18. The molecule has 2 aromatic rings. The van der Waals surface area contributed by atoms with Crippen molar-refractivity contribution in [3.05, 3.63) is 83.6 Å². The lowest BCUT2D eigenvalue weighted by atomic mass is 10.0. The van der Waals surface area contributed by atoms with Gasteiger partial charge in [-0.15, -0.1) is 0 Å². The summed E-state index contributed by atoms with van der Waals surface area (Å²) in [5.41, 5.74) is 3.46. The zero-order chi connectivity index (χ0) is 16.1. The molecule has 0 bridgehead atoms. The van der Waals surface area contributed by atoms with Gasteiger partial charge in [-0.2, -0.15) is 0 Å². The zero-order valence-corrected chi connectivity index (χ0v) is 13.3. The minimum atomic E-state index is -0.283. The van der Waals surface area contributed by atoms with Gasteiger partial charge in [0, 0.05) is 26.2 Å². The third kappa shape index (κ3) is 4.01. The van der Waals surface area contributed by atoms with Crippen LogP contribution >= 0.6 is 0 Å². The fraction of sp³-hybridized carbons (Fsp3) is 0.250. The number of carbonyl (C=O) groups is 1. The topological polar surface area (TPSA) is 29.5 Å². The van der Waals surface area contributed by atoms with Gasteiger partial charge in [0.05, 0.1) is 0 Å². The van der Waals surface area contributed by atoms with Crippen LogP contribution in [0.1, 0.15) is 30.6 Å². The predicted molar refractivity (Wildman–Crippen MR) is 90.5 cm³/mol. The summed E-state index contributed by atoms with van der Waals surface area (Å²) in [6.07, 6.45) is 2.78. The monoisotopic (exact) mass is 307 g/mol. The SMILES string of the molecule is CC(=O)OC(C1=CN(Cc2ccccc2)CC1)c1ccccc1. The fourth-order valence-electron chi connectivity index (χ4n) is 2.93. The standard InChI is InChI=1S/C20H21NO2/c1-16(22)23-20(18-10-6-3-7-11-18)19-12-13-21(15-19)14-17-8-4-2-5-9-17/h2-11,15,20H,12-14H2,1H3. The molecule has 0 aromatic heterocycles. The van der Waals surface area contributed by atoms with Gasteiger partial charge in [-0.05, 0) is 23.1 Å². The van der Waals surface area contributed by atoms with E-state index in [0.717, 1.165) is 30.6 Å². The highest BCUT2D eigenvalue weighted by molar-refractivity contribution is 5.66. The average molecular weight is 307 g/mol. The van der Waals surface area contributed by atoms with Crippen LogP contribution in [0, 0.1) is 0 Å². The van der Waals surface area contributed by atoms with E-state index < -0.39 is 0 Å². The highest BCUT2D eigenvalue weighted by Gasteiger charge is 2.24. The number of ether oxygens (including phenoxy) is 1. The lowest BCUT2D eigenvalue weighted by molar-refractivity contribution is -0.145. The van der Waals surface area contributed by atoms with Crippen LogP contribution in [0.15, 0.2) is 72.4 Å². The first-order valence-corrected chi connectivity index (χ1v) is 7.93. The van der Waals surface area contributed by atoms with Crippen molar-refractivity contribution in [1.82, 2.24) is 4.90 Å². The van der Waals surface area contributed by atoms with Gasteiger partial charge in [-0.3, -0.25) is 4.79 Å². The molecule has 1 unspecified atom stereocenters. The molecule has 3 rings (SSSR count). The Kier molecular flexibility index (Phi) is 4.77. The Morgan fingerprint density at radius 1 is 1.09 bits per heavy atom. The molecule has 2 aromatic carbocycles. The van der Waals surface area contributed by atoms with Gasteiger partial charge in [0.1, 0.15) is 6.10 Å². The second-order valence-electron chi connectivity index (χ2n) is 5.81. The molecule has 23 heavy (non-hydrogen) atoms. The Bertz CT molecular complexity index is 679. The molecule has 0 aliphatic carbocycles. The van der Waals surface area contributed by atoms with Crippen molar-refractivity contribution in [2.24, 2.45) is 0 Å². The molecular formula is C20H21NO2. The Morgan fingerprint density at radius 2 is 1.74 bits per heavy atom. The molecule has 0 fully saturated rings. The van der Waals surface area contributed by atoms with E-state index in [1.54, 1.807) is 0 Å². The highest BCUT2D eigenvalue weighted by atomic mass is 16.5. The summed E-state index contributed by atoms with van der Waals surface area (Å²) in [6, 6.07) is 20.3. The number of esters is 1. The number of benzene rings is 2. The molecule has 0 radical (unpaired) electrons. The van der Waals surface area contributed by atoms with Crippen molar-refractivity contribution in [3.8, 4) is 0 Å². The van der Waals surface area contributed by atoms with E-state index >= 15 is 0 Å². The molecule has 0 amide bonds. The fourth-order valence-corrected chi connectivity index (χ4v) is 2.93.